The molecule has 2 fully saturated rings. The van der Waals surface area contributed by atoms with Crippen molar-refractivity contribution in [2.24, 2.45) is 5.92 Å². The zero-order chi connectivity index (χ0) is 14.5. The van der Waals surface area contributed by atoms with Gasteiger partial charge in [-0.25, -0.2) is 4.79 Å². The lowest BCUT2D eigenvalue weighted by Gasteiger charge is -2.39. The SMILES string of the molecule is CCN1CCN(C(=O)N2CCCC(CC(=O)O)C2)CC1. The van der Waals surface area contributed by atoms with Crippen LogP contribution in [0.4, 0.5) is 4.79 Å². The Morgan fingerprint density at radius 2 is 1.80 bits per heavy atom. The summed E-state index contributed by atoms with van der Waals surface area (Å²) in [6, 6.07) is 0.0934. The van der Waals surface area contributed by atoms with Crippen molar-refractivity contribution in [3.8, 4) is 0 Å². The number of carbonyl (C=O) groups excluding carboxylic acids is 1. The van der Waals surface area contributed by atoms with Crippen LogP contribution in [0, 0.1) is 5.92 Å². The first-order chi connectivity index (χ1) is 9.60. The summed E-state index contributed by atoms with van der Waals surface area (Å²) < 4.78 is 0. The standard InChI is InChI=1S/C14H25N3O3/c1-2-15-6-8-16(9-7-15)14(20)17-5-3-4-12(11-17)10-13(18)19/h12H,2-11H2,1H3,(H,18,19). The van der Waals surface area contributed by atoms with Crippen LogP contribution in [0.3, 0.4) is 0 Å². The van der Waals surface area contributed by atoms with E-state index in [9.17, 15) is 9.59 Å². The van der Waals surface area contributed by atoms with Crippen molar-refractivity contribution in [2.45, 2.75) is 26.2 Å². The van der Waals surface area contributed by atoms with Gasteiger partial charge in [-0.2, -0.15) is 0 Å². The largest absolute Gasteiger partial charge is 0.481 e. The maximum Gasteiger partial charge on any atom is 0.320 e. The number of likely N-dealkylation sites (N-methyl/N-ethyl adjacent to an activating group) is 1. The van der Waals surface area contributed by atoms with Crippen LogP contribution in [-0.4, -0.2) is 77.6 Å². The maximum absolute atomic E-state index is 12.5. The Hall–Kier alpha value is -1.30. The molecule has 6 heteroatoms. The van der Waals surface area contributed by atoms with Gasteiger partial charge in [0.05, 0.1) is 0 Å². The Labute approximate surface area is 120 Å². The number of amides is 2. The Bertz CT molecular complexity index is 354. The molecule has 0 saturated carbocycles. The van der Waals surface area contributed by atoms with E-state index >= 15 is 0 Å². The zero-order valence-electron chi connectivity index (χ0n) is 12.3. The molecule has 0 spiro atoms. The van der Waals surface area contributed by atoms with Gasteiger partial charge in [-0.05, 0) is 25.3 Å². The predicted octanol–water partition coefficient (Wildman–Crippen LogP) is 0.931. The molecule has 0 aromatic heterocycles. The molecule has 2 aliphatic heterocycles. The predicted molar refractivity (Wildman–Crippen MR) is 75.6 cm³/mol. The summed E-state index contributed by atoms with van der Waals surface area (Å²) in [5.74, 6) is -0.650. The van der Waals surface area contributed by atoms with Crippen LogP contribution in [-0.2, 0) is 4.79 Å². The van der Waals surface area contributed by atoms with Gasteiger partial charge in [-0.3, -0.25) is 4.79 Å². The first kappa shape index (κ1) is 15.1. The van der Waals surface area contributed by atoms with Crippen LogP contribution in [0.2, 0.25) is 0 Å². The average Bonchev–Trinajstić information content (AvgIpc) is 2.46. The Morgan fingerprint density at radius 3 is 2.40 bits per heavy atom. The Morgan fingerprint density at radius 1 is 1.10 bits per heavy atom. The summed E-state index contributed by atoms with van der Waals surface area (Å²) in [6.45, 7) is 7.98. The van der Waals surface area contributed by atoms with E-state index in [1.165, 1.54) is 0 Å². The summed E-state index contributed by atoms with van der Waals surface area (Å²) in [5.41, 5.74) is 0. The quantitative estimate of drug-likeness (QED) is 0.837. The van der Waals surface area contributed by atoms with E-state index in [0.717, 1.165) is 52.1 Å². The molecule has 1 N–H and O–H groups in total. The van der Waals surface area contributed by atoms with Gasteiger partial charge in [0.25, 0.3) is 0 Å². The number of hydrogen-bond donors (Lipinski definition) is 1. The lowest BCUT2D eigenvalue weighted by Crippen LogP contribution is -2.54. The molecule has 114 valence electrons. The number of hydrogen-bond acceptors (Lipinski definition) is 3. The second-order valence-electron chi connectivity index (χ2n) is 5.76. The van der Waals surface area contributed by atoms with Gasteiger partial charge in [0.15, 0.2) is 0 Å². The normalized spacial score (nSPS) is 24.8. The highest BCUT2D eigenvalue weighted by atomic mass is 16.4. The van der Waals surface area contributed by atoms with Crippen LogP contribution in [0.1, 0.15) is 26.2 Å². The fourth-order valence-electron chi connectivity index (χ4n) is 3.11. The Kier molecular flexibility index (Phi) is 5.23. The third-order valence-electron chi connectivity index (χ3n) is 4.34. The molecule has 2 saturated heterocycles. The van der Waals surface area contributed by atoms with Gasteiger partial charge >= 0.3 is 12.0 Å². The maximum atomic E-state index is 12.5. The second kappa shape index (κ2) is 6.92. The molecule has 1 atom stereocenters. The van der Waals surface area contributed by atoms with E-state index in [1.54, 1.807) is 0 Å². The van der Waals surface area contributed by atoms with Crippen molar-refractivity contribution in [3.05, 3.63) is 0 Å². The number of carboxylic acids is 1. The number of rotatable bonds is 3. The molecule has 1 unspecified atom stereocenters. The number of nitrogens with zero attached hydrogens (tertiary/aromatic N) is 3. The van der Waals surface area contributed by atoms with Crippen LogP contribution < -0.4 is 0 Å². The molecular formula is C14H25N3O3. The summed E-state index contributed by atoms with van der Waals surface area (Å²) in [4.78, 5) is 29.4. The van der Waals surface area contributed by atoms with Gasteiger partial charge in [0.1, 0.15) is 0 Å². The smallest absolute Gasteiger partial charge is 0.320 e. The van der Waals surface area contributed by atoms with Crippen molar-refractivity contribution in [1.29, 1.82) is 0 Å². The van der Waals surface area contributed by atoms with E-state index in [4.69, 9.17) is 5.11 Å². The van der Waals surface area contributed by atoms with Gasteiger partial charge in [-0.15, -0.1) is 0 Å². The van der Waals surface area contributed by atoms with E-state index in [1.807, 2.05) is 9.80 Å². The average molecular weight is 283 g/mol. The number of piperazine rings is 1. The number of piperidine rings is 1. The van der Waals surface area contributed by atoms with Crippen LogP contribution in [0.25, 0.3) is 0 Å². The van der Waals surface area contributed by atoms with Crippen LogP contribution in [0.15, 0.2) is 0 Å². The van der Waals surface area contributed by atoms with Crippen LogP contribution in [0.5, 0.6) is 0 Å². The highest BCUT2D eigenvalue weighted by molar-refractivity contribution is 5.75. The minimum atomic E-state index is -0.763. The van der Waals surface area contributed by atoms with Crippen molar-refractivity contribution in [1.82, 2.24) is 14.7 Å². The van der Waals surface area contributed by atoms with E-state index < -0.39 is 5.97 Å². The van der Waals surface area contributed by atoms with Crippen molar-refractivity contribution in [3.63, 3.8) is 0 Å². The fourth-order valence-corrected chi connectivity index (χ4v) is 3.11. The van der Waals surface area contributed by atoms with E-state index in [0.29, 0.717) is 6.54 Å². The molecule has 20 heavy (non-hydrogen) atoms. The molecule has 0 aliphatic carbocycles. The molecule has 0 aromatic rings. The fraction of sp³-hybridized carbons (Fsp3) is 0.857. The topological polar surface area (TPSA) is 64.1 Å². The number of urea groups is 1. The third kappa shape index (κ3) is 3.85. The highest BCUT2D eigenvalue weighted by Gasteiger charge is 2.29. The first-order valence-corrected chi connectivity index (χ1v) is 7.58. The number of carboxylic acid groups (broad SMARTS) is 1. The van der Waals surface area contributed by atoms with E-state index in [2.05, 4.69) is 11.8 Å². The Balaban J connectivity index is 1.84. The van der Waals surface area contributed by atoms with Crippen LogP contribution >= 0.6 is 0 Å². The molecule has 0 radical (unpaired) electrons. The number of aliphatic carboxylic acids is 1. The summed E-state index contributed by atoms with van der Waals surface area (Å²) in [7, 11) is 0. The summed E-state index contributed by atoms with van der Waals surface area (Å²) >= 11 is 0. The molecule has 2 amide bonds. The van der Waals surface area contributed by atoms with Gasteiger partial charge < -0.3 is 19.8 Å². The molecule has 0 aromatic carbocycles. The third-order valence-corrected chi connectivity index (χ3v) is 4.34. The minimum Gasteiger partial charge on any atom is -0.481 e. The minimum absolute atomic E-state index is 0.0934. The molecule has 6 nitrogen and oxygen atoms in total. The van der Waals surface area contributed by atoms with Gasteiger partial charge in [-0.1, -0.05) is 6.92 Å². The molecular weight excluding hydrogens is 258 g/mol. The second-order valence-corrected chi connectivity index (χ2v) is 5.76. The monoisotopic (exact) mass is 283 g/mol. The highest BCUT2D eigenvalue weighted by Crippen LogP contribution is 2.21. The molecule has 2 rings (SSSR count). The molecule has 2 aliphatic rings. The van der Waals surface area contributed by atoms with Crippen molar-refractivity contribution in [2.75, 3.05) is 45.8 Å². The summed E-state index contributed by atoms with van der Waals surface area (Å²) in [6.07, 6.45) is 2.01. The molecule has 0 bridgehead atoms. The van der Waals surface area contributed by atoms with Crippen molar-refractivity contribution < 1.29 is 14.7 Å². The van der Waals surface area contributed by atoms with Gasteiger partial charge in [0, 0.05) is 45.7 Å². The number of carbonyl (C=O) groups is 2. The zero-order valence-corrected chi connectivity index (χ0v) is 12.3. The van der Waals surface area contributed by atoms with Crippen molar-refractivity contribution >= 4 is 12.0 Å². The summed E-state index contributed by atoms with van der Waals surface area (Å²) in [5, 5.41) is 8.88. The van der Waals surface area contributed by atoms with Gasteiger partial charge in [0.2, 0.25) is 0 Å². The first-order valence-electron chi connectivity index (χ1n) is 7.58. The number of likely N-dealkylation sites (tertiary alicyclic amines) is 1. The van der Waals surface area contributed by atoms with E-state index in [-0.39, 0.29) is 18.4 Å². The lowest BCUT2D eigenvalue weighted by molar-refractivity contribution is -0.138. The molecule has 2 heterocycles. The lowest BCUT2D eigenvalue weighted by atomic mass is 9.95.